The Balaban J connectivity index is 2.42. The van der Waals surface area contributed by atoms with Crippen molar-refractivity contribution in [3.63, 3.8) is 0 Å². The molecule has 1 heterocycles. The number of guanidine groups is 1. The van der Waals surface area contributed by atoms with Crippen LogP contribution in [0.2, 0.25) is 0 Å². The van der Waals surface area contributed by atoms with E-state index in [1.807, 2.05) is 0 Å². The first-order valence-electron chi connectivity index (χ1n) is 24.6. The fraction of sp³-hybridized carbons (Fsp3) is 0.553. The van der Waals surface area contributed by atoms with Crippen molar-refractivity contribution < 1.29 is 83.1 Å². The quantitative estimate of drug-likeness (QED) is 0.0174. The van der Waals surface area contributed by atoms with Gasteiger partial charge in [-0.2, -0.15) is 0 Å². The number of aliphatic hydroxyl groups is 2. The minimum absolute atomic E-state index is 0.0606. The SMILES string of the molecule is CC[C@H](C)[C@H](NC(=O)[C@H](CCC(=O)O)NC(=O)[C@@H](NC(=O)[C@H](CCCN=C(N)N)NC(=O)[C@H](CO)NC(=O)[C@H](CC(=O)O)NC(=O)[C@H](Cc1c[nH]c2ccccc12)NC(=O)[C@H](C)NC(=O)[C@@H](N)CCC(N)=O)[C@@H](C)O)C(=O)O. The van der Waals surface area contributed by atoms with Gasteiger partial charge in [0.25, 0.3) is 0 Å². The number of aliphatic hydroxyl groups excluding tert-OH is 2. The molecule has 0 aliphatic heterocycles. The maximum Gasteiger partial charge on any atom is 0.326 e. The molecule has 0 unspecified atom stereocenters. The third-order valence-electron chi connectivity index (χ3n) is 12.0. The molecule has 9 amide bonds. The van der Waals surface area contributed by atoms with E-state index >= 15 is 0 Å². The molecule has 2 aromatic rings. The minimum Gasteiger partial charge on any atom is -0.481 e. The van der Waals surface area contributed by atoms with Crippen molar-refractivity contribution in [2.45, 2.75) is 146 Å². The predicted molar refractivity (Wildman–Crippen MR) is 274 cm³/mol. The number of hydrogen-bond acceptors (Lipinski definition) is 16. The molecule has 2 rings (SSSR count). The van der Waals surface area contributed by atoms with E-state index < -0.39 is 163 Å². The Hall–Kier alpha value is -8.45. The first kappa shape index (κ1) is 65.7. The smallest absolute Gasteiger partial charge is 0.326 e. The number of carboxylic acid groups (broad SMARTS) is 3. The number of primary amides is 1. The lowest BCUT2D eigenvalue weighted by molar-refractivity contribution is -0.144. The Bertz CT molecular complexity index is 2500. The number of aliphatic imine (C=N–C) groups is 1. The van der Waals surface area contributed by atoms with Gasteiger partial charge in [-0.15, -0.1) is 0 Å². The van der Waals surface area contributed by atoms with E-state index in [4.69, 9.17) is 22.9 Å². The first-order chi connectivity index (χ1) is 36.6. The summed E-state index contributed by atoms with van der Waals surface area (Å²) in [4.78, 5) is 162. The second-order valence-electron chi connectivity index (χ2n) is 18.3. The number of carbonyl (C=O) groups excluding carboxylic acids is 9. The summed E-state index contributed by atoms with van der Waals surface area (Å²) in [6.07, 6.45) is -3.33. The molecule has 432 valence electrons. The summed E-state index contributed by atoms with van der Waals surface area (Å²) in [6, 6.07) is -8.11. The number of hydrogen-bond donors (Lipinski definition) is 18. The molecule has 1 aromatic carbocycles. The molecular formula is C47H72N14O17. The molecule has 0 saturated heterocycles. The number of nitrogens with one attached hydrogen (secondary N) is 9. The second kappa shape index (κ2) is 32.2. The molecule has 0 spiro atoms. The van der Waals surface area contributed by atoms with Crippen LogP contribution in [0.4, 0.5) is 0 Å². The van der Waals surface area contributed by atoms with Crippen molar-refractivity contribution in [2.75, 3.05) is 13.2 Å². The number of aromatic nitrogens is 1. The molecule has 1 aromatic heterocycles. The van der Waals surface area contributed by atoms with Crippen LogP contribution in [0.3, 0.4) is 0 Å². The number of nitrogens with two attached hydrogens (primary N) is 4. The Kier molecular flexibility index (Phi) is 27.1. The molecule has 11 atom stereocenters. The summed E-state index contributed by atoms with van der Waals surface area (Å²) >= 11 is 0. The average Bonchev–Trinajstić information content (AvgIpc) is 3.79. The van der Waals surface area contributed by atoms with Gasteiger partial charge >= 0.3 is 17.9 Å². The van der Waals surface area contributed by atoms with Gasteiger partial charge in [-0.3, -0.25) is 57.7 Å². The van der Waals surface area contributed by atoms with Crippen molar-refractivity contribution in [1.29, 1.82) is 0 Å². The Labute approximate surface area is 446 Å². The number of aliphatic carboxylic acids is 3. The molecule has 0 radical (unpaired) electrons. The topological polar surface area (TPSA) is 534 Å². The van der Waals surface area contributed by atoms with Crippen LogP contribution >= 0.6 is 0 Å². The normalized spacial score (nSPS) is 15.3. The van der Waals surface area contributed by atoms with E-state index in [1.165, 1.54) is 20.0 Å². The zero-order valence-corrected chi connectivity index (χ0v) is 43.4. The lowest BCUT2D eigenvalue weighted by atomic mass is 9.98. The highest BCUT2D eigenvalue weighted by Crippen LogP contribution is 2.20. The number of nitrogens with zero attached hydrogens (tertiary/aromatic N) is 1. The van der Waals surface area contributed by atoms with Gasteiger partial charge in [0, 0.05) is 42.9 Å². The maximum atomic E-state index is 14.1. The van der Waals surface area contributed by atoms with Crippen LogP contribution in [0.5, 0.6) is 0 Å². The number of benzene rings is 1. The van der Waals surface area contributed by atoms with Crippen molar-refractivity contribution >= 4 is 87.9 Å². The Morgan fingerprint density at radius 2 is 1.15 bits per heavy atom. The monoisotopic (exact) mass is 1100 g/mol. The van der Waals surface area contributed by atoms with Crippen LogP contribution in [0.1, 0.15) is 84.6 Å². The minimum atomic E-state index is -2.02. The molecule has 0 bridgehead atoms. The van der Waals surface area contributed by atoms with Gasteiger partial charge in [0.1, 0.15) is 48.3 Å². The molecule has 31 heteroatoms. The average molecular weight is 1110 g/mol. The van der Waals surface area contributed by atoms with Crippen molar-refractivity contribution in [3.05, 3.63) is 36.0 Å². The van der Waals surface area contributed by atoms with E-state index in [-0.39, 0.29) is 44.6 Å². The molecule has 0 aliphatic carbocycles. The summed E-state index contributed by atoms with van der Waals surface area (Å²) in [5.74, 6) is -15.2. The zero-order valence-electron chi connectivity index (χ0n) is 43.4. The molecule has 31 nitrogen and oxygen atoms in total. The number of fused-ring (bicyclic) bond motifs is 1. The van der Waals surface area contributed by atoms with Gasteiger partial charge in [-0.25, -0.2) is 4.79 Å². The lowest BCUT2D eigenvalue weighted by Gasteiger charge is -2.28. The molecular weight excluding hydrogens is 1030 g/mol. The highest BCUT2D eigenvalue weighted by molar-refractivity contribution is 5.99. The molecule has 78 heavy (non-hydrogen) atoms. The number of para-hydroxylation sites is 1. The zero-order chi connectivity index (χ0) is 59.0. The molecule has 0 fully saturated rings. The van der Waals surface area contributed by atoms with Crippen LogP contribution < -0.4 is 65.5 Å². The molecule has 0 aliphatic rings. The van der Waals surface area contributed by atoms with Crippen LogP contribution in [-0.4, -0.2) is 181 Å². The van der Waals surface area contributed by atoms with Crippen LogP contribution in [0.15, 0.2) is 35.5 Å². The number of amides is 9. The fourth-order valence-corrected chi connectivity index (χ4v) is 7.40. The Morgan fingerprint density at radius 1 is 0.615 bits per heavy atom. The van der Waals surface area contributed by atoms with E-state index in [2.05, 4.69) is 52.5 Å². The van der Waals surface area contributed by atoms with E-state index in [0.29, 0.717) is 22.9 Å². The summed E-state index contributed by atoms with van der Waals surface area (Å²) in [5, 5.41) is 68.7. The Morgan fingerprint density at radius 3 is 1.72 bits per heavy atom. The van der Waals surface area contributed by atoms with Gasteiger partial charge in [0.2, 0.25) is 53.2 Å². The second-order valence-corrected chi connectivity index (χ2v) is 18.3. The van der Waals surface area contributed by atoms with E-state index in [1.54, 1.807) is 31.2 Å². The van der Waals surface area contributed by atoms with Gasteiger partial charge in [-0.1, -0.05) is 38.5 Å². The number of carbonyl (C=O) groups is 12. The standard InChI is InChI=1S/C47H72N14O17/c1-5-21(2)36(46(77)78)60-41(72)29(13-15-34(65)66)56-45(76)37(23(4)63)61-40(71)28(11-8-16-52-47(50)51)55-44(75)32(20-62)59-43(74)31(18-35(67)68)58-42(73)30(17-24-19-53-27-10-7-6-9-25(24)27)57-38(69)22(3)54-39(70)26(48)12-14-33(49)64/h6-7,9-10,19,21-23,26,28-32,36-37,53,62-63H,5,8,11-18,20,48H2,1-4H3,(H2,49,64)(H,54,70)(H,55,75)(H,56,76)(H,57,69)(H,58,73)(H,59,74)(H,60,72)(H,61,71)(H,65,66)(H,67,68)(H,77,78)(H4,50,51,52)/t21-,22-,23+,26-,28-,29-,30-,31-,32-,36-,37-/m0/s1. The van der Waals surface area contributed by atoms with Crippen molar-refractivity contribution in [2.24, 2.45) is 33.8 Å². The number of carboxylic acids is 3. The van der Waals surface area contributed by atoms with Gasteiger partial charge in [0.05, 0.1) is 25.2 Å². The third kappa shape index (κ3) is 22.0. The number of aromatic amines is 1. The van der Waals surface area contributed by atoms with Gasteiger partial charge in [0.15, 0.2) is 5.96 Å². The largest absolute Gasteiger partial charge is 0.481 e. The summed E-state index contributed by atoms with van der Waals surface area (Å²) in [5.41, 5.74) is 22.9. The van der Waals surface area contributed by atoms with Gasteiger partial charge in [-0.05, 0) is 57.1 Å². The summed E-state index contributed by atoms with van der Waals surface area (Å²) < 4.78 is 0. The van der Waals surface area contributed by atoms with E-state index in [9.17, 15) is 83.1 Å². The lowest BCUT2D eigenvalue weighted by Crippen LogP contribution is -2.62. The number of H-pyrrole nitrogens is 1. The van der Waals surface area contributed by atoms with Crippen LogP contribution in [0.25, 0.3) is 10.9 Å². The highest BCUT2D eigenvalue weighted by atomic mass is 16.4. The first-order valence-corrected chi connectivity index (χ1v) is 24.6. The van der Waals surface area contributed by atoms with Crippen molar-refractivity contribution in [3.8, 4) is 0 Å². The molecule has 22 N–H and O–H groups in total. The van der Waals surface area contributed by atoms with E-state index in [0.717, 1.165) is 6.92 Å². The van der Waals surface area contributed by atoms with Gasteiger partial charge < -0.3 is 96.0 Å². The summed E-state index contributed by atoms with van der Waals surface area (Å²) in [7, 11) is 0. The van der Waals surface area contributed by atoms with Crippen LogP contribution in [0, 0.1) is 5.92 Å². The maximum absolute atomic E-state index is 14.1. The highest BCUT2D eigenvalue weighted by Gasteiger charge is 2.37. The van der Waals surface area contributed by atoms with Crippen LogP contribution in [-0.2, 0) is 64.0 Å². The van der Waals surface area contributed by atoms with Crippen molar-refractivity contribution in [1.82, 2.24) is 47.5 Å². The number of rotatable bonds is 35. The summed E-state index contributed by atoms with van der Waals surface area (Å²) in [6.45, 7) is 4.17. The third-order valence-corrected chi connectivity index (χ3v) is 12.0. The fourth-order valence-electron chi connectivity index (χ4n) is 7.40. The predicted octanol–water partition coefficient (Wildman–Crippen LogP) is -5.90. The molecule has 0 saturated carbocycles.